The molecule has 6 heteroatoms. The number of amides is 2. The van der Waals surface area contributed by atoms with Crippen molar-refractivity contribution < 1.29 is 4.79 Å². The van der Waals surface area contributed by atoms with Crippen molar-refractivity contribution in [3.63, 3.8) is 0 Å². The summed E-state index contributed by atoms with van der Waals surface area (Å²) in [6, 6.07) is 1.34. The van der Waals surface area contributed by atoms with Crippen molar-refractivity contribution in [1.82, 2.24) is 15.3 Å². The van der Waals surface area contributed by atoms with Crippen LogP contribution in [0, 0.1) is 0 Å². The number of carbonyl (C=O) groups excluding carboxylic acids is 1. The fourth-order valence-corrected chi connectivity index (χ4v) is 1.01. The molecule has 1 rings (SSSR count). The number of carbonyl (C=O) groups is 1. The maximum atomic E-state index is 11.1. The van der Waals surface area contributed by atoms with Crippen LogP contribution >= 0.6 is 11.6 Å². The first-order valence-electron chi connectivity index (χ1n) is 4.18. The second kappa shape index (κ2) is 5.39. The summed E-state index contributed by atoms with van der Waals surface area (Å²) in [4.78, 5) is 18.9. The fraction of sp³-hybridized carbons (Fsp3) is 0.375. The van der Waals surface area contributed by atoms with Crippen LogP contribution in [0.25, 0.3) is 0 Å². The first kappa shape index (κ1) is 10.7. The van der Waals surface area contributed by atoms with E-state index in [1.165, 1.54) is 6.33 Å². The van der Waals surface area contributed by atoms with Crippen LogP contribution in [0.1, 0.15) is 12.6 Å². The normalized spacial score (nSPS) is 9.57. The lowest BCUT2D eigenvalue weighted by molar-refractivity contribution is 0.252. The molecule has 0 bridgehead atoms. The lowest BCUT2D eigenvalue weighted by atomic mass is 10.4. The molecule has 2 amide bonds. The predicted octanol–water partition coefficient (Wildman–Crippen LogP) is 1.36. The van der Waals surface area contributed by atoms with E-state index < -0.39 is 0 Å². The first-order valence-corrected chi connectivity index (χ1v) is 4.71. The molecule has 0 aliphatic heterocycles. The summed E-state index contributed by atoms with van der Waals surface area (Å²) in [5.74, 6) is 0.744. The molecule has 1 aromatic rings. The van der Waals surface area contributed by atoms with Crippen LogP contribution in [0.3, 0.4) is 0 Å². The molecule has 0 aliphatic rings. The smallest absolute Gasteiger partial charge is 0.320 e. The fourth-order valence-electron chi connectivity index (χ4n) is 0.860. The molecule has 0 radical (unpaired) electrons. The molecule has 2 N–H and O–H groups in total. The summed E-state index contributed by atoms with van der Waals surface area (Å²) in [6.07, 6.45) is 1.36. The number of urea groups is 1. The van der Waals surface area contributed by atoms with Gasteiger partial charge in [0.1, 0.15) is 12.1 Å². The minimum Gasteiger partial charge on any atom is -0.338 e. The molecule has 0 saturated carbocycles. The number of hydrogen-bond acceptors (Lipinski definition) is 3. The van der Waals surface area contributed by atoms with Crippen LogP contribution in [0.5, 0.6) is 0 Å². The molecule has 5 nitrogen and oxygen atoms in total. The summed E-state index contributed by atoms with van der Waals surface area (Å²) < 4.78 is 0. The maximum absolute atomic E-state index is 11.1. The second-order valence-electron chi connectivity index (χ2n) is 2.51. The Morgan fingerprint density at radius 2 is 2.36 bits per heavy atom. The Balaban J connectivity index is 2.62. The molecule has 0 unspecified atom stereocenters. The third kappa shape index (κ3) is 3.18. The van der Waals surface area contributed by atoms with Gasteiger partial charge in [0.05, 0.1) is 11.6 Å². The third-order valence-electron chi connectivity index (χ3n) is 1.44. The zero-order valence-electron chi connectivity index (χ0n) is 7.75. The summed E-state index contributed by atoms with van der Waals surface area (Å²) >= 11 is 5.58. The molecule has 0 atom stereocenters. The van der Waals surface area contributed by atoms with E-state index in [0.717, 1.165) is 0 Å². The van der Waals surface area contributed by atoms with Crippen molar-refractivity contribution >= 4 is 23.4 Å². The van der Waals surface area contributed by atoms with Crippen LogP contribution in [0.2, 0.25) is 0 Å². The van der Waals surface area contributed by atoms with Crippen molar-refractivity contribution in [3.05, 3.63) is 18.1 Å². The van der Waals surface area contributed by atoms with Gasteiger partial charge in [-0.25, -0.2) is 14.8 Å². The van der Waals surface area contributed by atoms with E-state index in [0.29, 0.717) is 23.9 Å². The summed E-state index contributed by atoms with van der Waals surface area (Å²) in [5, 5.41) is 5.15. The van der Waals surface area contributed by atoms with Gasteiger partial charge in [0.15, 0.2) is 0 Å². The van der Waals surface area contributed by atoms with E-state index in [9.17, 15) is 4.79 Å². The number of hydrogen-bond donors (Lipinski definition) is 2. The molecule has 14 heavy (non-hydrogen) atoms. The largest absolute Gasteiger partial charge is 0.338 e. The number of rotatable bonds is 3. The highest BCUT2D eigenvalue weighted by Gasteiger charge is 2.01. The van der Waals surface area contributed by atoms with E-state index in [2.05, 4.69) is 20.6 Å². The van der Waals surface area contributed by atoms with Gasteiger partial charge in [-0.05, 0) is 6.92 Å². The standard InChI is InChI=1S/C8H11ClN4O/c1-2-10-8(14)13-7-3-6(4-9)11-5-12-7/h3,5H,2,4H2,1H3,(H2,10,11,12,13,14). The van der Waals surface area contributed by atoms with Crippen LogP contribution in [0.15, 0.2) is 12.4 Å². The van der Waals surface area contributed by atoms with Crippen LogP contribution in [-0.4, -0.2) is 22.5 Å². The lowest BCUT2D eigenvalue weighted by Crippen LogP contribution is -2.28. The number of aromatic nitrogens is 2. The monoisotopic (exact) mass is 214 g/mol. The minimum atomic E-state index is -0.285. The van der Waals surface area contributed by atoms with Crippen molar-refractivity contribution in [1.29, 1.82) is 0 Å². The third-order valence-corrected chi connectivity index (χ3v) is 1.71. The van der Waals surface area contributed by atoms with Crippen molar-refractivity contribution in [2.24, 2.45) is 0 Å². The molecule has 0 aromatic carbocycles. The molecule has 1 aromatic heterocycles. The highest BCUT2D eigenvalue weighted by atomic mass is 35.5. The maximum Gasteiger partial charge on any atom is 0.320 e. The van der Waals surface area contributed by atoms with Crippen molar-refractivity contribution in [3.8, 4) is 0 Å². The molecule has 0 saturated heterocycles. The zero-order valence-corrected chi connectivity index (χ0v) is 8.51. The Kier molecular flexibility index (Phi) is 4.12. The van der Waals surface area contributed by atoms with E-state index >= 15 is 0 Å². The van der Waals surface area contributed by atoms with Gasteiger partial charge in [0.25, 0.3) is 0 Å². The number of nitrogens with one attached hydrogen (secondary N) is 2. The van der Waals surface area contributed by atoms with E-state index in [4.69, 9.17) is 11.6 Å². The quantitative estimate of drug-likeness (QED) is 0.747. The molecular weight excluding hydrogens is 204 g/mol. The summed E-state index contributed by atoms with van der Waals surface area (Å²) in [7, 11) is 0. The average molecular weight is 215 g/mol. The van der Waals surface area contributed by atoms with E-state index in [1.54, 1.807) is 6.07 Å². The number of halogens is 1. The Bertz CT molecular complexity index is 318. The van der Waals surface area contributed by atoms with Gasteiger partial charge in [-0.15, -0.1) is 11.6 Å². The zero-order chi connectivity index (χ0) is 10.4. The van der Waals surface area contributed by atoms with Gasteiger partial charge >= 0.3 is 6.03 Å². The van der Waals surface area contributed by atoms with E-state index in [1.807, 2.05) is 6.92 Å². The average Bonchev–Trinajstić information content (AvgIpc) is 2.18. The highest BCUT2D eigenvalue weighted by molar-refractivity contribution is 6.16. The topological polar surface area (TPSA) is 66.9 Å². The van der Waals surface area contributed by atoms with Gasteiger partial charge in [-0.3, -0.25) is 5.32 Å². The molecule has 1 heterocycles. The number of nitrogens with zero attached hydrogens (tertiary/aromatic N) is 2. The highest BCUT2D eigenvalue weighted by Crippen LogP contribution is 2.05. The van der Waals surface area contributed by atoms with Gasteiger partial charge in [0, 0.05) is 12.6 Å². The van der Waals surface area contributed by atoms with Gasteiger partial charge in [-0.2, -0.15) is 0 Å². The van der Waals surface area contributed by atoms with Crippen molar-refractivity contribution in [2.45, 2.75) is 12.8 Å². The number of alkyl halides is 1. The first-order chi connectivity index (χ1) is 6.76. The molecule has 0 aliphatic carbocycles. The second-order valence-corrected chi connectivity index (χ2v) is 2.78. The Labute approximate surface area is 86.9 Å². The number of anilines is 1. The predicted molar refractivity (Wildman–Crippen MR) is 54.3 cm³/mol. The van der Waals surface area contributed by atoms with Crippen LogP contribution < -0.4 is 10.6 Å². The molecule has 76 valence electrons. The van der Waals surface area contributed by atoms with Gasteiger partial charge in [0.2, 0.25) is 0 Å². The van der Waals surface area contributed by atoms with Gasteiger partial charge in [-0.1, -0.05) is 0 Å². The Hall–Kier alpha value is -1.36. The van der Waals surface area contributed by atoms with E-state index in [-0.39, 0.29) is 6.03 Å². The minimum absolute atomic E-state index is 0.285. The van der Waals surface area contributed by atoms with Crippen LogP contribution in [0.4, 0.5) is 10.6 Å². The van der Waals surface area contributed by atoms with Gasteiger partial charge < -0.3 is 5.32 Å². The van der Waals surface area contributed by atoms with Crippen molar-refractivity contribution in [2.75, 3.05) is 11.9 Å². The summed E-state index contributed by atoms with van der Waals surface area (Å²) in [6.45, 7) is 2.41. The lowest BCUT2D eigenvalue weighted by Gasteiger charge is -2.04. The molecular formula is C8H11ClN4O. The molecule has 0 fully saturated rings. The SMILES string of the molecule is CCNC(=O)Nc1cc(CCl)ncn1. The summed E-state index contributed by atoms with van der Waals surface area (Å²) in [5.41, 5.74) is 0.675. The molecule has 0 spiro atoms. The van der Waals surface area contributed by atoms with Crippen LogP contribution in [-0.2, 0) is 5.88 Å². The Morgan fingerprint density at radius 3 is 3.00 bits per heavy atom. The Morgan fingerprint density at radius 1 is 1.57 bits per heavy atom.